The number of ketones is 1. The third-order valence-corrected chi connectivity index (χ3v) is 5.65. The third-order valence-electron chi connectivity index (χ3n) is 5.65. The summed E-state index contributed by atoms with van der Waals surface area (Å²) in [5.41, 5.74) is 2.09. The second kappa shape index (κ2) is 8.08. The molecule has 2 aliphatic rings. The van der Waals surface area contributed by atoms with Gasteiger partial charge >= 0.3 is 0 Å². The lowest BCUT2D eigenvalue weighted by Crippen LogP contribution is -2.34. The van der Waals surface area contributed by atoms with Crippen molar-refractivity contribution < 1.29 is 23.7 Å². The maximum atomic E-state index is 12.2. The molecule has 1 unspecified atom stereocenters. The molecule has 2 saturated heterocycles. The normalized spacial score (nSPS) is 25.5. The van der Waals surface area contributed by atoms with Gasteiger partial charge in [0.1, 0.15) is 30.4 Å². The average Bonchev–Trinajstić information content (AvgIpc) is 3.48. The molecule has 3 aromatic rings. The van der Waals surface area contributed by atoms with Gasteiger partial charge in [-0.2, -0.15) is 5.26 Å². The molecule has 2 aromatic heterocycles. The molecule has 11 nitrogen and oxygen atoms in total. The van der Waals surface area contributed by atoms with E-state index in [2.05, 4.69) is 20.3 Å². The number of fused-ring (bicyclic) bond motifs is 2. The number of nitrogens with one attached hydrogen (secondary N) is 1. The summed E-state index contributed by atoms with van der Waals surface area (Å²) in [6.45, 7) is 4.04. The summed E-state index contributed by atoms with van der Waals surface area (Å²) in [4.78, 5) is 25.3. The number of imidazole rings is 1. The lowest BCUT2D eigenvalue weighted by molar-refractivity contribution is -0.195. The molecule has 5 rings (SSSR count). The Kier molecular flexibility index (Phi) is 5.20. The zero-order valence-corrected chi connectivity index (χ0v) is 18.3. The van der Waals surface area contributed by atoms with Crippen molar-refractivity contribution in [2.45, 2.75) is 50.7 Å². The Bertz CT molecular complexity index is 1230. The molecular formula is C22H22N6O5. The lowest BCUT2D eigenvalue weighted by Gasteiger charge is -2.23. The number of carbonyl (C=O) groups excluding carboxylic acids is 1. The maximum Gasteiger partial charge on any atom is 0.263 e. The SMILES string of the molecule is COc1ccc(CNc2ncnc3c2ncn3[C@@H]2O[C@H](C(=O)C#N)[C@@H]3OC(C)(C)OC32)cc1. The molecule has 0 saturated carbocycles. The summed E-state index contributed by atoms with van der Waals surface area (Å²) in [7, 11) is 1.62. The highest BCUT2D eigenvalue weighted by molar-refractivity contribution is 5.97. The lowest BCUT2D eigenvalue weighted by atomic mass is 10.1. The monoisotopic (exact) mass is 450 g/mol. The van der Waals surface area contributed by atoms with Gasteiger partial charge in [0.2, 0.25) is 0 Å². The number of carbonyl (C=O) groups is 1. The van der Waals surface area contributed by atoms with E-state index in [9.17, 15) is 4.79 Å². The molecule has 2 aliphatic heterocycles. The number of Topliss-reactive ketones (excluding diaryl/α,β-unsaturated/α-hetero) is 1. The molecule has 0 radical (unpaired) electrons. The van der Waals surface area contributed by atoms with E-state index in [0.29, 0.717) is 23.5 Å². The van der Waals surface area contributed by atoms with Gasteiger partial charge in [-0.15, -0.1) is 0 Å². The third kappa shape index (κ3) is 3.78. The van der Waals surface area contributed by atoms with Crippen LogP contribution in [0.3, 0.4) is 0 Å². The van der Waals surface area contributed by atoms with E-state index in [-0.39, 0.29) is 0 Å². The quantitative estimate of drug-likeness (QED) is 0.556. The first-order valence-electron chi connectivity index (χ1n) is 10.4. The smallest absolute Gasteiger partial charge is 0.263 e. The molecule has 2 fully saturated rings. The Morgan fingerprint density at radius 2 is 1.97 bits per heavy atom. The van der Waals surface area contributed by atoms with Crippen molar-refractivity contribution in [1.82, 2.24) is 19.5 Å². The van der Waals surface area contributed by atoms with Crippen LogP contribution in [0.15, 0.2) is 36.9 Å². The van der Waals surface area contributed by atoms with Crippen LogP contribution in [0.5, 0.6) is 5.75 Å². The minimum atomic E-state index is -1.06. The molecule has 1 aromatic carbocycles. The van der Waals surface area contributed by atoms with Crippen LogP contribution in [0.2, 0.25) is 0 Å². The summed E-state index contributed by atoms with van der Waals surface area (Å²) >= 11 is 0. The molecule has 170 valence electrons. The fraction of sp³-hybridized carbons (Fsp3) is 0.409. The second-order valence-corrected chi connectivity index (χ2v) is 8.24. The van der Waals surface area contributed by atoms with Crippen molar-refractivity contribution in [2.24, 2.45) is 0 Å². The highest BCUT2D eigenvalue weighted by atomic mass is 16.8. The number of aromatic nitrogens is 4. The van der Waals surface area contributed by atoms with Crippen molar-refractivity contribution in [2.75, 3.05) is 12.4 Å². The number of rotatable bonds is 6. The standard InChI is InChI=1S/C22H22N6O5/c1-22(2)32-17-16(14(29)8-23)31-21(18(17)33-22)28-11-27-15-19(25-10-26-20(15)28)24-9-12-4-6-13(30-3)7-5-12/h4-7,10-11,16-18,21H,9H2,1-3H3,(H,24,25,26)/t16-,17+,18?,21-/m1/s1. The zero-order chi connectivity index (χ0) is 23.2. The number of benzene rings is 1. The number of anilines is 1. The molecule has 1 N–H and O–H groups in total. The molecule has 33 heavy (non-hydrogen) atoms. The Hall–Kier alpha value is -3.59. The number of hydrogen-bond acceptors (Lipinski definition) is 10. The predicted molar refractivity (Wildman–Crippen MR) is 114 cm³/mol. The van der Waals surface area contributed by atoms with Crippen LogP contribution in [0.4, 0.5) is 5.82 Å². The van der Waals surface area contributed by atoms with Gasteiger partial charge in [-0.25, -0.2) is 15.0 Å². The van der Waals surface area contributed by atoms with Crippen molar-refractivity contribution in [3.63, 3.8) is 0 Å². The van der Waals surface area contributed by atoms with Gasteiger partial charge < -0.3 is 24.3 Å². The van der Waals surface area contributed by atoms with E-state index in [1.54, 1.807) is 37.9 Å². The van der Waals surface area contributed by atoms with Gasteiger partial charge in [0, 0.05) is 6.54 Å². The molecule has 0 bridgehead atoms. The van der Waals surface area contributed by atoms with E-state index in [0.717, 1.165) is 11.3 Å². The van der Waals surface area contributed by atoms with Gasteiger partial charge in [0.25, 0.3) is 5.78 Å². The van der Waals surface area contributed by atoms with Crippen molar-refractivity contribution in [3.8, 4) is 11.8 Å². The van der Waals surface area contributed by atoms with E-state index < -0.39 is 36.1 Å². The second-order valence-electron chi connectivity index (χ2n) is 8.24. The Morgan fingerprint density at radius 3 is 2.70 bits per heavy atom. The molecule has 4 heterocycles. The molecule has 11 heteroatoms. The van der Waals surface area contributed by atoms with Crippen molar-refractivity contribution in [1.29, 1.82) is 5.26 Å². The summed E-state index contributed by atoms with van der Waals surface area (Å²) in [5.74, 6) is -0.291. The Labute approximate surface area is 189 Å². The van der Waals surface area contributed by atoms with Gasteiger partial charge in [0.15, 0.2) is 35.1 Å². The van der Waals surface area contributed by atoms with Crippen molar-refractivity contribution in [3.05, 3.63) is 42.5 Å². The predicted octanol–water partition coefficient (Wildman–Crippen LogP) is 1.96. The zero-order valence-electron chi connectivity index (χ0n) is 18.3. The van der Waals surface area contributed by atoms with E-state index in [1.165, 1.54) is 6.33 Å². The fourth-order valence-electron chi connectivity index (χ4n) is 4.17. The van der Waals surface area contributed by atoms with E-state index in [1.807, 2.05) is 24.3 Å². The van der Waals surface area contributed by atoms with Gasteiger partial charge in [-0.1, -0.05) is 12.1 Å². The van der Waals surface area contributed by atoms with Gasteiger partial charge in [0.05, 0.1) is 13.4 Å². The molecule has 0 amide bonds. The summed E-state index contributed by atoms with van der Waals surface area (Å²) in [5, 5.41) is 12.4. The van der Waals surface area contributed by atoms with Crippen LogP contribution in [0.1, 0.15) is 25.6 Å². The first-order valence-corrected chi connectivity index (χ1v) is 10.4. The first-order chi connectivity index (χ1) is 15.9. The van der Waals surface area contributed by atoms with E-state index in [4.69, 9.17) is 24.2 Å². The van der Waals surface area contributed by atoms with Crippen LogP contribution < -0.4 is 10.1 Å². The van der Waals surface area contributed by atoms with Gasteiger partial charge in [-0.3, -0.25) is 9.36 Å². The molecule has 0 spiro atoms. The highest BCUT2D eigenvalue weighted by Crippen LogP contribution is 2.44. The summed E-state index contributed by atoms with van der Waals surface area (Å²) < 4.78 is 24.7. The number of nitrogens with zero attached hydrogens (tertiary/aromatic N) is 5. The first kappa shape index (κ1) is 21.3. The largest absolute Gasteiger partial charge is 0.497 e. The van der Waals surface area contributed by atoms with Crippen LogP contribution in [-0.2, 0) is 25.5 Å². The fourth-order valence-corrected chi connectivity index (χ4v) is 4.17. The topological polar surface area (TPSA) is 133 Å². The molecular weight excluding hydrogens is 428 g/mol. The minimum Gasteiger partial charge on any atom is -0.497 e. The average molecular weight is 450 g/mol. The van der Waals surface area contributed by atoms with Crippen LogP contribution >= 0.6 is 0 Å². The number of hydrogen-bond donors (Lipinski definition) is 1. The summed E-state index contributed by atoms with van der Waals surface area (Å²) in [6.07, 6.45) is -0.119. The Morgan fingerprint density at radius 1 is 1.21 bits per heavy atom. The van der Waals surface area contributed by atoms with Crippen LogP contribution in [0.25, 0.3) is 11.2 Å². The van der Waals surface area contributed by atoms with Crippen LogP contribution in [-0.4, -0.2) is 56.5 Å². The number of ether oxygens (including phenoxy) is 4. The highest BCUT2D eigenvalue weighted by Gasteiger charge is 2.58. The van der Waals surface area contributed by atoms with Gasteiger partial charge in [-0.05, 0) is 31.5 Å². The van der Waals surface area contributed by atoms with E-state index >= 15 is 0 Å². The maximum absolute atomic E-state index is 12.2. The van der Waals surface area contributed by atoms with Crippen molar-refractivity contribution >= 4 is 22.8 Å². The molecule has 0 aliphatic carbocycles. The van der Waals surface area contributed by atoms with Crippen LogP contribution in [0, 0.1) is 11.3 Å². The minimum absolute atomic E-state index is 0.504. The summed E-state index contributed by atoms with van der Waals surface area (Å²) in [6, 6.07) is 9.33. The number of nitriles is 1. The molecule has 4 atom stereocenters. The number of methoxy groups -OCH3 is 1. The Balaban J connectivity index is 1.42.